The Morgan fingerprint density at radius 1 is 1.24 bits per heavy atom. The maximum absolute atomic E-state index is 11.9. The van der Waals surface area contributed by atoms with Crippen molar-refractivity contribution in [3.63, 3.8) is 0 Å². The second-order valence-corrected chi connectivity index (χ2v) is 6.75. The van der Waals surface area contributed by atoms with Gasteiger partial charge < -0.3 is 23.3 Å². The number of methoxy groups -OCH3 is 1. The molecule has 124 valence electrons. The normalized spacial score (nSPS) is 30.0. The van der Waals surface area contributed by atoms with E-state index in [4.69, 9.17) is 13.8 Å². The Morgan fingerprint density at radius 2 is 1.81 bits per heavy atom. The third-order valence-corrected chi connectivity index (χ3v) is 3.71. The fraction of sp³-hybridized carbons (Fsp3) is 0.900. The van der Waals surface area contributed by atoms with Gasteiger partial charge in [-0.2, -0.15) is 13.2 Å². The van der Waals surface area contributed by atoms with Gasteiger partial charge >= 0.3 is 19.9 Å². The molecule has 0 amide bonds. The monoisotopic (exact) mass is 336 g/mol. The molecule has 7 nitrogen and oxygen atoms in total. The largest absolute Gasteiger partial charge is 0.508 e. The maximum atomic E-state index is 11.9. The summed E-state index contributed by atoms with van der Waals surface area (Å²) in [5.41, 5.74) is -0.948. The topological polar surface area (TPSA) is 80.3 Å². The molecule has 0 radical (unpaired) electrons. The lowest BCUT2D eigenvalue weighted by atomic mass is 9.92. The van der Waals surface area contributed by atoms with Gasteiger partial charge in [-0.1, -0.05) is 0 Å². The fourth-order valence-electron chi connectivity index (χ4n) is 1.50. The van der Waals surface area contributed by atoms with Crippen LogP contribution in [0.2, 0.25) is 0 Å². The van der Waals surface area contributed by atoms with Gasteiger partial charge in [-0.25, -0.2) is 4.79 Å². The zero-order valence-corrected chi connectivity index (χ0v) is 12.4. The summed E-state index contributed by atoms with van der Waals surface area (Å²) in [6.07, 6.45) is -6.09. The number of halogens is 3. The predicted molar refractivity (Wildman–Crippen MR) is 63.1 cm³/mol. The van der Waals surface area contributed by atoms with Crippen LogP contribution in [0, 0.1) is 5.41 Å². The lowest BCUT2D eigenvalue weighted by Crippen LogP contribution is -2.44. The molecule has 0 bridgehead atoms. The molecule has 1 aliphatic rings. The van der Waals surface area contributed by atoms with Crippen LogP contribution in [0.4, 0.5) is 18.0 Å². The average Bonchev–Trinajstić information content (AvgIpc) is 2.37. The van der Waals surface area contributed by atoms with E-state index >= 15 is 0 Å². The van der Waals surface area contributed by atoms with Crippen LogP contribution in [-0.2, 0) is 27.8 Å². The molecule has 21 heavy (non-hydrogen) atoms. The molecule has 1 saturated heterocycles. The molecule has 0 aromatic heterocycles. The lowest BCUT2D eigenvalue weighted by Gasteiger charge is -2.37. The smallest absolute Gasteiger partial charge is 0.433 e. The molecule has 0 saturated carbocycles. The van der Waals surface area contributed by atoms with Crippen molar-refractivity contribution in [2.75, 3.05) is 46.8 Å². The first-order chi connectivity index (χ1) is 9.58. The quantitative estimate of drug-likeness (QED) is 0.562. The highest BCUT2D eigenvalue weighted by Gasteiger charge is 2.42. The van der Waals surface area contributed by atoms with Crippen molar-refractivity contribution < 1.29 is 45.8 Å². The zero-order valence-electron chi connectivity index (χ0n) is 11.5. The van der Waals surface area contributed by atoms with Gasteiger partial charge in [0.2, 0.25) is 0 Å². The van der Waals surface area contributed by atoms with Gasteiger partial charge in [-0.05, 0) is 0 Å². The predicted octanol–water partition coefficient (Wildman–Crippen LogP) is 2.20. The Balaban J connectivity index is 2.48. The Kier molecular flexibility index (Phi) is 6.03. The van der Waals surface area contributed by atoms with Crippen molar-refractivity contribution >= 4 is 13.8 Å². The van der Waals surface area contributed by atoms with E-state index in [2.05, 4.69) is 9.47 Å². The van der Waals surface area contributed by atoms with Crippen LogP contribution in [0.5, 0.6) is 0 Å². The van der Waals surface area contributed by atoms with Crippen molar-refractivity contribution in [1.82, 2.24) is 0 Å². The molecule has 1 rings (SSSR count). The van der Waals surface area contributed by atoms with Crippen LogP contribution in [0.25, 0.3) is 0 Å². The van der Waals surface area contributed by atoms with E-state index in [9.17, 15) is 22.5 Å². The van der Waals surface area contributed by atoms with Crippen molar-refractivity contribution in [3.8, 4) is 0 Å². The van der Waals surface area contributed by atoms with E-state index < -0.39 is 31.9 Å². The second-order valence-electron chi connectivity index (χ2n) is 4.69. The average molecular weight is 336 g/mol. The highest BCUT2D eigenvalue weighted by Crippen LogP contribution is 2.50. The molecule has 1 fully saturated rings. The number of ether oxygens (including phenoxy) is 3. The van der Waals surface area contributed by atoms with Gasteiger partial charge in [0, 0.05) is 13.8 Å². The van der Waals surface area contributed by atoms with Gasteiger partial charge in [0.15, 0.2) is 6.61 Å². The summed E-state index contributed by atoms with van der Waals surface area (Å²) in [4.78, 5) is 11.1. The van der Waals surface area contributed by atoms with Crippen molar-refractivity contribution in [1.29, 1.82) is 0 Å². The zero-order chi connectivity index (χ0) is 16.1. The molecular weight excluding hydrogens is 320 g/mol. The third kappa shape index (κ3) is 6.64. The summed E-state index contributed by atoms with van der Waals surface area (Å²) in [5, 5.41) is 0. The van der Waals surface area contributed by atoms with Gasteiger partial charge in [0.25, 0.3) is 0 Å². The van der Waals surface area contributed by atoms with Crippen LogP contribution in [0.1, 0.15) is 0 Å². The summed E-state index contributed by atoms with van der Waals surface area (Å²) in [6, 6.07) is 0. The molecule has 0 aliphatic carbocycles. The van der Waals surface area contributed by atoms with Gasteiger partial charge in [-0.15, -0.1) is 0 Å². The maximum Gasteiger partial charge on any atom is 0.508 e. The summed E-state index contributed by atoms with van der Waals surface area (Å²) >= 11 is 0. The van der Waals surface area contributed by atoms with Crippen LogP contribution in [0.15, 0.2) is 0 Å². The molecule has 0 atom stereocenters. The van der Waals surface area contributed by atoms with Crippen LogP contribution < -0.4 is 0 Å². The van der Waals surface area contributed by atoms with Crippen molar-refractivity contribution in [3.05, 3.63) is 0 Å². The van der Waals surface area contributed by atoms with E-state index in [0.29, 0.717) is 0 Å². The van der Waals surface area contributed by atoms with Gasteiger partial charge in [0.1, 0.15) is 6.61 Å². The number of rotatable bonds is 5. The lowest BCUT2D eigenvalue weighted by molar-refractivity contribution is -0.167. The summed E-state index contributed by atoms with van der Waals surface area (Å²) < 4.78 is 70.6. The first-order valence-electron chi connectivity index (χ1n) is 5.79. The minimum absolute atomic E-state index is 0.0412. The fourth-order valence-corrected chi connectivity index (χ4v) is 2.59. The van der Waals surface area contributed by atoms with E-state index in [1.165, 1.54) is 13.8 Å². The SMILES string of the molecule is COCC1(COC(=O)OCC(F)(F)F)COP(C)(=O)OC1. The highest BCUT2D eigenvalue weighted by atomic mass is 31.2. The summed E-state index contributed by atoms with van der Waals surface area (Å²) in [7, 11) is -1.77. The molecule has 0 aromatic rings. The van der Waals surface area contributed by atoms with E-state index in [1.54, 1.807) is 0 Å². The Labute approximate surface area is 119 Å². The van der Waals surface area contributed by atoms with E-state index in [0.717, 1.165) is 0 Å². The van der Waals surface area contributed by atoms with Gasteiger partial charge in [0.05, 0.1) is 25.2 Å². The number of alkyl halides is 3. The summed E-state index contributed by atoms with van der Waals surface area (Å²) in [5.74, 6) is 0. The van der Waals surface area contributed by atoms with Crippen molar-refractivity contribution in [2.24, 2.45) is 5.41 Å². The van der Waals surface area contributed by atoms with Gasteiger partial charge in [-0.3, -0.25) is 4.57 Å². The Hall–Kier alpha value is -0.830. The highest BCUT2D eigenvalue weighted by molar-refractivity contribution is 7.53. The van der Waals surface area contributed by atoms with E-state index in [-0.39, 0.29) is 26.4 Å². The molecule has 0 spiro atoms. The molecule has 1 aliphatic heterocycles. The Morgan fingerprint density at radius 3 is 2.29 bits per heavy atom. The third-order valence-electron chi connectivity index (χ3n) is 2.51. The minimum Gasteiger partial charge on any atom is -0.433 e. The minimum atomic E-state index is -4.63. The number of hydrogen-bond donors (Lipinski definition) is 0. The molecule has 0 aromatic carbocycles. The molecule has 0 N–H and O–H groups in total. The van der Waals surface area contributed by atoms with E-state index in [1.807, 2.05) is 0 Å². The standard InChI is InChI=1S/C10H16F3O7P/c1-16-3-9(5-19-21(2,15)20-6-9)4-17-8(14)18-7-10(11,12)13/h3-7H2,1-2H3. The molecule has 11 heteroatoms. The number of hydrogen-bond acceptors (Lipinski definition) is 7. The van der Waals surface area contributed by atoms with Crippen molar-refractivity contribution in [2.45, 2.75) is 6.18 Å². The van der Waals surface area contributed by atoms with Crippen LogP contribution >= 0.6 is 7.60 Å². The van der Waals surface area contributed by atoms with Crippen LogP contribution in [-0.4, -0.2) is 59.1 Å². The molecule has 1 heterocycles. The molecular formula is C10H16F3O7P. The van der Waals surface area contributed by atoms with Crippen LogP contribution in [0.3, 0.4) is 0 Å². The summed E-state index contributed by atoms with van der Waals surface area (Å²) in [6.45, 7) is -0.929. The second kappa shape index (κ2) is 6.95. The first kappa shape index (κ1) is 18.2. The molecule has 0 unspecified atom stereocenters. The Bertz CT molecular complexity index is 400. The number of carbonyl (C=O) groups excluding carboxylic acids is 1. The number of carbonyl (C=O) groups is 1. The first-order valence-corrected chi connectivity index (χ1v) is 7.78.